The molecule has 8 heteroatoms. The van der Waals surface area contributed by atoms with E-state index in [2.05, 4.69) is 15.9 Å². The standard InChI is InChI=1S/C16H12BrNO6/c17-13-3-1-10(2-4-13)16(19)23-8-12-6-14(18(20)21)5-11-7-22-9-24-15(11)12/h1-6H,7-9H2. The minimum atomic E-state index is -0.519. The number of nitro groups is 1. The lowest BCUT2D eigenvalue weighted by Crippen LogP contribution is -2.15. The van der Waals surface area contributed by atoms with Gasteiger partial charge in [-0.3, -0.25) is 10.1 Å². The van der Waals surface area contributed by atoms with Crippen molar-refractivity contribution >= 4 is 27.6 Å². The molecule has 0 aromatic heterocycles. The summed E-state index contributed by atoms with van der Waals surface area (Å²) in [6.45, 7) is 0.141. The molecule has 1 aliphatic heterocycles. The van der Waals surface area contributed by atoms with Crippen molar-refractivity contribution in [3.05, 3.63) is 67.7 Å². The van der Waals surface area contributed by atoms with Crippen LogP contribution in [0.2, 0.25) is 0 Å². The van der Waals surface area contributed by atoms with Gasteiger partial charge in [0.1, 0.15) is 12.4 Å². The predicted octanol–water partition coefficient (Wildman–Crippen LogP) is 3.58. The summed E-state index contributed by atoms with van der Waals surface area (Å²) in [5.41, 5.74) is 1.29. The van der Waals surface area contributed by atoms with E-state index in [-0.39, 0.29) is 25.7 Å². The summed E-state index contributed by atoms with van der Waals surface area (Å²) in [5.74, 6) is -0.0507. The summed E-state index contributed by atoms with van der Waals surface area (Å²) in [4.78, 5) is 22.6. The Kier molecular flexibility index (Phi) is 4.77. The maximum Gasteiger partial charge on any atom is 0.338 e. The van der Waals surface area contributed by atoms with E-state index in [1.807, 2.05) is 0 Å². The number of carbonyl (C=O) groups excluding carboxylic acids is 1. The first-order chi connectivity index (χ1) is 11.5. The third-order valence-corrected chi connectivity index (χ3v) is 3.95. The summed E-state index contributed by atoms with van der Waals surface area (Å²) >= 11 is 3.29. The van der Waals surface area contributed by atoms with Crippen molar-refractivity contribution in [3.8, 4) is 5.75 Å². The second kappa shape index (κ2) is 6.98. The van der Waals surface area contributed by atoms with E-state index in [1.165, 1.54) is 12.1 Å². The van der Waals surface area contributed by atoms with E-state index in [9.17, 15) is 14.9 Å². The molecule has 0 amide bonds. The summed E-state index contributed by atoms with van der Waals surface area (Å²) in [6, 6.07) is 9.45. The van der Waals surface area contributed by atoms with Crippen molar-refractivity contribution in [2.45, 2.75) is 13.2 Å². The molecule has 1 heterocycles. The van der Waals surface area contributed by atoms with E-state index in [4.69, 9.17) is 14.2 Å². The number of non-ortho nitro benzene ring substituents is 1. The molecule has 0 unspecified atom stereocenters. The molecule has 0 saturated carbocycles. The minimum absolute atomic E-state index is 0.0540. The largest absolute Gasteiger partial charge is 0.467 e. The fourth-order valence-corrected chi connectivity index (χ4v) is 2.57. The zero-order chi connectivity index (χ0) is 17.1. The second-order valence-corrected chi connectivity index (χ2v) is 5.96. The molecule has 0 fully saturated rings. The zero-order valence-electron chi connectivity index (χ0n) is 12.4. The van der Waals surface area contributed by atoms with Crippen molar-refractivity contribution in [2.24, 2.45) is 0 Å². The molecule has 0 saturated heterocycles. The van der Waals surface area contributed by atoms with Gasteiger partial charge in [-0.25, -0.2) is 4.79 Å². The monoisotopic (exact) mass is 393 g/mol. The molecule has 24 heavy (non-hydrogen) atoms. The van der Waals surface area contributed by atoms with Crippen LogP contribution < -0.4 is 4.74 Å². The van der Waals surface area contributed by atoms with Crippen LogP contribution in [0.1, 0.15) is 21.5 Å². The highest BCUT2D eigenvalue weighted by atomic mass is 79.9. The van der Waals surface area contributed by atoms with Gasteiger partial charge in [0.25, 0.3) is 5.69 Å². The van der Waals surface area contributed by atoms with Crippen molar-refractivity contribution in [2.75, 3.05) is 6.79 Å². The van der Waals surface area contributed by atoms with E-state index in [0.29, 0.717) is 22.4 Å². The number of fused-ring (bicyclic) bond motifs is 1. The van der Waals surface area contributed by atoms with Crippen LogP contribution in [0.4, 0.5) is 5.69 Å². The SMILES string of the molecule is O=C(OCc1cc([N+](=O)[O-])cc2c1OCOC2)c1ccc(Br)cc1. The molecular formula is C16H12BrNO6. The van der Waals surface area contributed by atoms with Crippen molar-refractivity contribution in [1.29, 1.82) is 0 Å². The van der Waals surface area contributed by atoms with Crippen LogP contribution in [-0.4, -0.2) is 17.7 Å². The van der Waals surface area contributed by atoms with Crippen LogP contribution in [0.25, 0.3) is 0 Å². The first-order valence-electron chi connectivity index (χ1n) is 6.98. The maximum atomic E-state index is 12.1. The van der Waals surface area contributed by atoms with E-state index >= 15 is 0 Å². The highest BCUT2D eigenvalue weighted by Crippen LogP contribution is 2.33. The molecule has 124 valence electrons. The quantitative estimate of drug-likeness (QED) is 0.448. The Bertz CT molecular complexity index is 790. The predicted molar refractivity (Wildman–Crippen MR) is 86.6 cm³/mol. The molecule has 3 rings (SSSR count). The molecule has 7 nitrogen and oxygen atoms in total. The summed E-state index contributed by atoms with van der Waals surface area (Å²) in [7, 11) is 0. The van der Waals surface area contributed by atoms with Gasteiger partial charge in [0.15, 0.2) is 6.79 Å². The van der Waals surface area contributed by atoms with Gasteiger partial charge in [0, 0.05) is 27.7 Å². The topological polar surface area (TPSA) is 87.9 Å². The minimum Gasteiger partial charge on any atom is -0.467 e. The van der Waals surface area contributed by atoms with Gasteiger partial charge in [0.2, 0.25) is 0 Å². The fraction of sp³-hybridized carbons (Fsp3) is 0.188. The molecular weight excluding hydrogens is 382 g/mol. The number of nitrogens with zero attached hydrogens (tertiary/aromatic N) is 1. The Balaban J connectivity index is 1.81. The number of rotatable bonds is 4. The zero-order valence-corrected chi connectivity index (χ0v) is 13.9. The fourth-order valence-electron chi connectivity index (χ4n) is 2.31. The smallest absolute Gasteiger partial charge is 0.338 e. The van der Waals surface area contributed by atoms with Gasteiger partial charge in [-0.1, -0.05) is 15.9 Å². The first kappa shape index (κ1) is 16.4. The van der Waals surface area contributed by atoms with Gasteiger partial charge in [-0.2, -0.15) is 0 Å². The lowest BCUT2D eigenvalue weighted by molar-refractivity contribution is -0.385. The number of hydrogen-bond acceptors (Lipinski definition) is 6. The Morgan fingerprint density at radius 3 is 2.75 bits per heavy atom. The molecule has 0 atom stereocenters. The Morgan fingerprint density at radius 2 is 2.04 bits per heavy atom. The van der Waals surface area contributed by atoms with Crippen molar-refractivity contribution < 1.29 is 23.9 Å². The third-order valence-electron chi connectivity index (χ3n) is 3.42. The van der Waals surface area contributed by atoms with Gasteiger partial charge >= 0.3 is 5.97 Å². The molecule has 0 spiro atoms. The average Bonchev–Trinajstić information content (AvgIpc) is 2.59. The maximum absolute atomic E-state index is 12.1. The van der Waals surface area contributed by atoms with Gasteiger partial charge in [0.05, 0.1) is 17.1 Å². The van der Waals surface area contributed by atoms with Crippen molar-refractivity contribution in [1.82, 2.24) is 0 Å². The number of esters is 1. The van der Waals surface area contributed by atoms with Crippen LogP contribution in [-0.2, 0) is 22.7 Å². The number of carbonyl (C=O) groups is 1. The lowest BCUT2D eigenvalue weighted by Gasteiger charge is -2.20. The number of halogens is 1. The molecule has 0 aliphatic carbocycles. The highest BCUT2D eigenvalue weighted by molar-refractivity contribution is 9.10. The van der Waals surface area contributed by atoms with Gasteiger partial charge in [-0.15, -0.1) is 0 Å². The Hall–Kier alpha value is -2.45. The molecule has 0 bridgehead atoms. The van der Waals surface area contributed by atoms with E-state index in [1.54, 1.807) is 24.3 Å². The molecule has 1 aliphatic rings. The van der Waals surface area contributed by atoms with E-state index < -0.39 is 10.9 Å². The normalized spacial score (nSPS) is 12.9. The van der Waals surface area contributed by atoms with Crippen LogP contribution in [0.15, 0.2) is 40.9 Å². The first-order valence-corrected chi connectivity index (χ1v) is 7.77. The van der Waals surface area contributed by atoms with E-state index in [0.717, 1.165) is 4.47 Å². The number of nitro benzene ring substituents is 1. The number of benzene rings is 2. The van der Waals surface area contributed by atoms with Gasteiger partial charge in [-0.05, 0) is 24.3 Å². The molecule has 2 aromatic rings. The van der Waals surface area contributed by atoms with Crippen LogP contribution in [0, 0.1) is 10.1 Å². The molecule has 0 radical (unpaired) electrons. The third kappa shape index (κ3) is 3.55. The van der Waals surface area contributed by atoms with Crippen LogP contribution in [0.5, 0.6) is 5.75 Å². The molecule has 0 N–H and O–H groups in total. The summed E-state index contributed by atoms with van der Waals surface area (Å²) in [6.07, 6.45) is 0. The number of hydrogen-bond donors (Lipinski definition) is 0. The lowest BCUT2D eigenvalue weighted by atomic mass is 10.1. The van der Waals surface area contributed by atoms with Gasteiger partial charge < -0.3 is 14.2 Å². The second-order valence-electron chi connectivity index (χ2n) is 5.04. The van der Waals surface area contributed by atoms with Crippen molar-refractivity contribution in [3.63, 3.8) is 0 Å². The Morgan fingerprint density at radius 1 is 1.29 bits per heavy atom. The Labute approximate surface area is 145 Å². The van der Waals surface area contributed by atoms with Crippen LogP contribution >= 0.6 is 15.9 Å². The molecule has 2 aromatic carbocycles. The summed E-state index contributed by atoms with van der Waals surface area (Å²) < 4.78 is 16.6. The van der Waals surface area contributed by atoms with Crippen LogP contribution in [0.3, 0.4) is 0 Å². The summed E-state index contributed by atoms with van der Waals surface area (Å²) in [5, 5.41) is 11.0. The number of ether oxygens (including phenoxy) is 3. The highest BCUT2D eigenvalue weighted by Gasteiger charge is 2.22. The average molecular weight is 394 g/mol.